The molecule has 1 fully saturated rings. The lowest BCUT2D eigenvalue weighted by atomic mass is 9.96. The van der Waals surface area contributed by atoms with E-state index in [0.29, 0.717) is 0 Å². The van der Waals surface area contributed by atoms with Gasteiger partial charge in [-0.25, -0.2) is 0 Å². The van der Waals surface area contributed by atoms with Crippen LogP contribution in [-0.2, 0) is 17.6 Å². The second kappa shape index (κ2) is 6.18. The van der Waals surface area contributed by atoms with Crippen molar-refractivity contribution in [3.63, 3.8) is 0 Å². The van der Waals surface area contributed by atoms with E-state index in [1.54, 1.807) is 6.92 Å². The Morgan fingerprint density at radius 3 is 2.90 bits per heavy atom. The molecule has 0 radical (unpaired) electrons. The number of carbonyl (C=O) groups excluding carboxylic acids is 1. The molecule has 1 amide bonds. The number of piperidine rings is 1. The van der Waals surface area contributed by atoms with E-state index in [2.05, 4.69) is 30.1 Å². The van der Waals surface area contributed by atoms with Crippen LogP contribution in [0.25, 0.3) is 0 Å². The molecule has 1 aromatic rings. The standard InChI is InChI=1S/C18H26N2O/c1-14(21)20-12-10-16-8-6-15(13-18(16)20)7-9-17-5-3-4-11-19(17)2/h6,8,13,17H,3-5,7,9-12H2,1-2H3. The summed E-state index contributed by atoms with van der Waals surface area (Å²) in [4.78, 5) is 16.1. The summed E-state index contributed by atoms with van der Waals surface area (Å²) in [5, 5.41) is 0. The molecule has 114 valence electrons. The number of hydrogen-bond donors (Lipinski definition) is 0. The van der Waals surface area contributed by atoms with Gasteiger partial charge in [-0.1, -0.05) is 18.6 Å². The summed E-state index contributed by atoms with van der Waals surface area (Å²) in [5.41, 5.74) is 3.85. The molecular formula is C18H26N2O. The van der Waals surface area contributed by atoms with E-state index in [1.807, 2.05) is 4.90 Å². The average Bonchev–Trinajstić information content (AvgIpc) is 2.89. The lowest BCUT2D eigenvalue weighted by molar-refractivity contribution is -0.116. The Hall–Kier alpha value is -1.35. The van der Waals surface area contributed by atoms with Gasteiger partial charge in [-0.3, -0.25) is 4.79 Å². The van der Waals surface area contributed by atoms with Gasteiger partial charge in [0.1, 0.15) is 0 Å². The number of nitrogens with zero attached hydrogens (tertiary/aromatic N) is 2. The SMILES string of the molecule is CC(=O)N1CCc2ccc(CCC3CCCCN3C)cc21. The number of fused-ring (bicyclic) bond motifs is 1. The van der Waals surface area contributed by atoms with E-state index in [4.69, 9.17) is 0 Å². The summed E-state index contributed by atoms with van der Waals surface area (Å²) in [5.74, 6) is 0.165. The molecule has 0 saturated carbocycles. The largest absolute Gasteiger partial charge is 0.312 e. The molecule has 2 heterocycles. The third kappa shape index (κ3) is 3.13. The molecule has 2 aliphatic heterocycles. The maximum atomic E-state index is 11.7. The second-order valence-corrected chi connectivity index (χ2v) is 6.55. The molecule has 2 aliphatic rings. The van der Waals surface area contributed by atoms with E-state index >= 15 is 0 Å². The molecule has 0 spiro atoms. The number of benzene rings is 1. The first kappa shape index (κ1) is 14.6. The molecule has 1 unspecified atom stereocenters. The Bertz CT molecular complexity index is 526. The molecule has 3 nitrogen and oxygen atoms in total. The third-order valence-corrected chi connectivity index (χ3v) is 5.11. The molecule has 3 heteroatoms. The van der Waals surface area contributed by atoms with Gasteiger partial charge in [-0.2, -0.15) is 0 Å². The van der Waals surface area contributed by atoms with E-state index in [-0.39, 0.29) is 5.91 Å². The average molecular weight is 286 g/mol. The Morgan fingerprint density at radius 2 is 2.14 bits per heavy atom. The van der Waals surface area contributed by atoms with Crippen molar-refractivity contribution >= 4 is 11.6 Å². The monoisotopic (exact) mass is 286 g/mol. The molecule has 1 aromatic carbocycles. The molecular weight excluding hydrogens is 260 g/mol. The first-order valence-corrected chi connectivity index (χ1v) is 8.25. The Kier molecular flexibility index (Phi) is 4.29. The highest BCUT2D eigenvalue weighted by atomic mass is 16.2. The fourth-order valence-electron chi connectivity index (χ4n) is 3.75. The number of amides is 1. The van der Waals surface area contributed by atoms with Gasteiger partial charge >= 0.3 is 0 Å². The number of anilines is 1. The predicted molar refractivity (Wildman–Crippen MR) is 86.8 cm³/mol. The zero-order chi connectivity index (χ0) is 14.8. The molecule has 1 saturated heterocycles. The van der Waals surface area contributed by atoms with Gasteiger partial charge in [0.2, 0.25) is 5.91 Å². The zero-order valence-corrected chi connectivity index (χ0v) is 13.3. The van der Waals surface area contributed by atoms with Crippen molar-refractivity contribution in [2.24, 2.45) is 0 Å². The number of rotatable bonds is 3. The second-order valence-electron chi connectivity index (χ2n) is 6.55. The van der Waals surface area contributed by atoms with Gasteiger partial charge in [0.25, 0.3) is 0 Å². The van der Waals surface area contributed by atoms with Crippen molar-refractivity contribution in [1.29, 1.82) is 0 Å². The number of carbonyl (C=O) groups is 1. The van der Waals surface area contributed by atoms with Crippen molar-refractivity contribution in [2.75, 3.05) is 25.0 Å². The van der Waals surface area contributed by atoms with Gasteiger partial charge in [0.15, 0.2) is 0 Å². The molecule has 0 aromatic heterocycles. The van der Waals surface area contributed by atoms with Crippen molar-refractivity contribution in [3.8, 4) is 0 Å². The minimum atomic E-state index is 0.165. The van der Waals surface area contributed by atoms with Crippen LogP contribution in [0.4, 0.5) is 5.69 Å². The predicted octanol–water partition coefficient (Wildman–Crippen LogP) is 3.01. The quantitative estimate of drug-likeness (QED) is 0.853. The first-order chi connectivity index (χ1) is 10.1. The van der Waals surface area contributed by atoms with Gasteiger partial charge < -0.3 is 9.80 Å². The van der Waals surface area contributed by atoms with Crippen LogP contribution in [0.5, 0.6) is 0 Å². The third-order valence-electron chi connectivity index (χ3n) is 5.11. The van der Waals surface area contributed by atoms with Crippen LogP contribution in [-0.4, -0.2) is 37.0 Å². The molecule has 1 atom stereocenters. The summed E-state index contributed by atoms with van der Waals surface area (Å²) < 4.78 is 0. The minimum Gasteiger partial charge on any atom is -0.312 e. The lowest BCUT2D eigenvalue weighted by Gasteiger charge is -2.32. The first-order valence-electron chi connectivity index (χ1n) is 8.25. The van der Waals surface area contributed by atoms with Crippen LogP contribution < -0.4 is 4.90 Å². The van der Waals surface area contributed by atoms with Crippen molar-refractivity contribution < 1.29 is 4.79 Å². The molecule has 0 N–H and O–H groups in total. The molecule has 0 bridgehead atoms. The van der Waals surface area contributed by atoms with E-state index < -0.39 is 0 Å². The normalized spacial score (nSPS) is 22.4. The zero-order valence-electron chi connectivity index (χ0n) is 13.3. The van der Waals surface area contributed by atoms with E-state index in [9.17, 15) is 4.79 Å². The summed E-state index contributed by atoms with van der Waals surface area (Å²) in [6.07, 6.45) is 7.40. The van der Waals surface area contributed by atoms with Crippen LogP contribution in [0.2, 0.25) is 0 Å². The van der Waals surface area contributed by atoms with Crippen LogP contribution in [0, 0.1) is 0 Å². The summed E-state index contributed by atoms with van der Waals surface area (Å²) in [7, 11) is 2.25. The number of likely N-dealkylation sites (tertiary alicyclic amines) is 1. The Labute approximate surface area is 127 Å². The van der Waals surface area contributed by atoms with Crippen LogP contribution in [0.3, 0.4) is 0 Å². The van der Waals surface area contributed by atoms with Gasteiger partial charge in [-0.05, 0) is 62.9 Å². The maximum Gasteiger partial charge on any atom is 0.223 e. The molecule has 0 aliphatic carbocycles. The summed E-state index contributed by atoms with van der Waals surface area (Å²) in [6, 6.07) is 7.45. The van der Waals surface area contributed by atoms with Crippen molar-refractivity contribution in [2.45, 2.75) is 51.5 Å². The van der Waals surface area contributed by atoms with Crippen LogP contribution in [0.15, 0.2) is 18.2 Å². The fourth-order valence-corrected chi connectivity index (χ4v) is 3.75. The van der Waals surface area contributed by atoms with Gasteiger partial charge in [0, 0.05) is 25.2 Å². The van der Waals surface area contributed by atoms with Crippen molar-refractivity contribution in [3.05, 3.63) is 29.3 Å². The maximum absolute atomic E-state index is 11.7. The number of aryl methyl sites for hydroxylation is 1. The lowest BCUT2D eigenvalue weighted by Crippen LogP contribution is -2.36. The fraction of sp³-hybridized carbons (Fsp3) is 0.611. The Morgan fingerprint density at radius 1 is 1.29 bits per heavy atom. The highest BCUT2D eigenvalue weighted by Gasteiger charge is 2.23. The molecule has 21 heavy (non-hydrogen) atoms. The highest BCUT2D eigenvalue weighted by Crippen LogP contribution is 2.30. The van der Waals surface area contributed by atoms with Crippen LogP contribution in [0.1, 0.15) is 43.7 Å². The van der Waals surface area contributed by atoms with E-state index in [1.165, 1.54) is 43.4 Å². The highest BCUT2D eigenvalue weighted by molar-refractivity contribution is 5.93. The summed E-state index contributed by atoms with van der Waals surface area (Å²) in [6.45, 7) is 3.76. The minimum absolute atomic E-state index is 0.165. The summed E-state index contributed by atoms with van der Waals surface area (Å²) >= 11 is 0. The molecule has 3 rings (SSSR count). The van der Waals surface area contributed by atoms with Gasteiger partial charge in [-0.15, -0.1) is 0 Å². The van der Waals surface area contributed by atoms with E-state index in [0.717, 1.165) is 31.1 Å². The van der Waals surface area contributed by atoms with Crippen LogP contribution >= 0.6 is 0 Å². The smallest absolute Gasteiger partial charge is 0.223 e. The van der Waals surface area contributed by atoms with Crippen molar-refractivity contribution in [1.82, 2.24) is 4.90 Å². The topological polar surface area (TPSA) is 23.6 Å². The number of hydrogen-bond acceptors (Lipinski definition) is 2. The van der Waals surface area contributed by atoms with Gasteiger partial charge in [0.05, 0.1) is 0 Å². The Balaban J connectivity index is 1.67.